The molecule has 13 heteroatoms. The summed E-state index contributed by atoms with van der Waals surface area (Å²) in [5.74, 6) is 0.0404. The monoisotopic (exact) mass is 697 g/mol. The Labute approximate surface area is 295 Å². The smallest absolute Gasteiger partial charge is 0.276 e. The van der Waals surface area contributed by atoms with Crippen LogP contribution >= 0.6 is 0 Å². The number of anilines is 1. The highest BCUT2D eigenvalue weighted by Crippen LogP contribution is 2.34. The molecule has 1 unspecified atom stereocenters. The minimum Gasteiger partial charge on any atom is -0.496 e. The lowest BCUT2D eigenvalue weighted by molar-refractivity contribution is -0.136. The fourth-order valence-electron chi connectivity index (χ4n) is 7.69. The molecule has 12 nitrogen and oxygen atoms in total. The van der Waals surface area contributed by atoms with Crippen molar-refractivity contribution in [1.29, 1.82) is 0 Å². The first-order chi connectivity index (χ1) is 24.7. The molecule has 2 N–H and O–H groups in total. The summed E-state index contributed by atoms with van der Waals surface area (Å²) in [7, 11) is 3.18. The number of nitrogens with zero attached hydrogens (tertiary/aromatic N) is 5. The second-order valence-corrected chi connectivity index (χ2v) is 14.1. The van der Waals surface area contributed by atoms with E-state index >= 15 is 4.39 Å². The van der Waals surface area contributed by atoms with Crippen molar-refractivity contribution in [2.75, 3.05) is 51.3 Å². The molecule has 0 aliphatic carbocycles. The van der Waals surface area contributed by atoms with E-state index in [1.165, 1.54) is 17.7 Å². The first-order valence-electron chi connectivity index (χ1n) is 17.7. The number of ether oxygens (including phenoxy) is 1. The summed E-state index contributed by atoms with van der Waals surface area (Å²) >= 11 is 0. The maximum atomic E-state index is 15.7. The van der Waals surface area contributed by atoms with E-state index < -0.39 is 0 Å². The summed E-state index contributed by atoms with van der Waals surface area (Å²) in [5.41, 5.74) is 4.13. The number of piperidine rings is 2. The topological polar surface area (TPSA) is 133 Å². The summed E-state index contributed by atoms with van der Waals surface area (Å²) in [6.45, 7) is 4.62. The van der Waals surface area contributed by atoms with Crippen LogP contribution in [-0.4, -0.2) is 88.7 Å². The van der Waals surface area contributed by atoms with Gasteiger partial charge in [0.1, 0.15) is 17.1 Å². The van der Waals surface area contributed by atoms with E-state index in [0.29, 0.717) is 97.7 Å². The number of H-pyrrole nitrogens is 1. The zero-order chi connectivity index (χ0) is 35.6. The lowest BCUT2D eigenvalue weighted by atomic mass is 9.90. The maximum Gasteiger partial charge on any atom is 0.276 e. The fraction of sp³-hybridized carbons (Fsp3) is 0.447. The van der Waals surface area contributed by atoms with Gasteiger partial charge in [-0.3, -0.25) is 34.5 Å². The van der Waals surface area contributed by atoms with Crippen LogP contribution in [0.1, 0.15) is 43.2 Å². The first kappa shape index (κ1) is 34.4. The van der Waals surface area contributed by atoms with Crippen LogP contribution in [0.25, 0.3) is 22.0 Å². The van der Waals surface area contributed by atoms with Crippen molar-refractivity contribution in [3.05, 3.63) is 76.1 Å². The Bertz CT molecular complexity index is 1990. The Morgan fingerprint density at radius 3 is 2.45 bits per heavy atom. The van der Waals surface area contributed by atoms with Gasteiger partial charge >= 0.3 is 0 Å². The summed E-state index contributed by atoms with van der Waals surface area (Å²) < 4.78 is 22.8. The van der Waals surface area contributed by atoms with E-state index in [1.807, 2.05) is 4.90 Å². The highest BCUT2D eigenvalue weighted by Gasteiger charge is 2.29. The Hall–Kier alpha value is -5.04. The molecule has 3 aliphatic rings. The molecule has 3 fully saturated rings. The third-order valence-corrected chi connectivity index (χ3v) is 10.8. The van der Waals surface area contributed by atoms with Crippen molar-refractivity contribution < 1.29 is 23.5 Å². The highest BCUT2D eigenvalue weighted by molar-refractivity contribution is 5.98. The van der Waals surface area contributed by atoms with Crippen molar-refractivity contribution in [2.24, 2.45) is 18.9 Å². The number of benzene rings is 2. The molecule has 3 amide bonds. The van der Waals surface area contributed by atoms with Gasteiger partial charge < -0.3 is 19.1 Å². The molecule has 7 rings (SSSR count). The predicted molar refractivity (Wildman–Crippen MR) is 191 cm³/mol. The first-order valence-corrected chi connectivity index (χ1v) is 17.7. The van der Waals surface area contributed by atoms with E-state index in [1.54, 1.807) is 25.5 Å². The summed E-state index contributed by atoms with van der Waals surface area (Å²) in [6, 6.07) is 11.6. The van der Waals surface area contributed by atoms with Crippen molar-refractivity contribution in [3.63, 3.8) is 0 Å². The molecular formula is C38H44FN7O5. The molecule has 4 aromatic rings. The number of halogens is 1. The lowest BCUT2D eigenvalue weighted by Gasteiger charge is -2.37. The van der Waals surface area contributed by atoms with Gasteiger partial charge in [-0.25, -0.2) is 4.39 Å². The van der Waals surface area contributed by atoms with E-state index in [-0.39, 0.29) is 35.0 Å². The normalized spacial score (nSPS) is 19.1. The van der Waals surface area contributed by atoms with E-state index in [9.17, 15) is 19.2 Å². The van der Waals surface area contributed by atoms with Gasteiger partial charge in [-0.2, -0.15) is 5.10 Å². The van der Waals surface area contributed by atoms with Gasteiger partial charge in [-0.05, 0) is 67.0 Å². The quantitative estimate of drug-likeness (QED) is 0.254. The number of nitrogens with one attached hydrogen (secondary N) is 2. The van der Waals surface area contributed by atoms with Crippen LogP contribution < -0.4 is 20.5 Å². The molecule has 0 spiro atoms. The average molecular weight is 698 g/mol. The zero-order valence-corrected chi connectivity index (χ0v) is 29.1. The minimum absolute atomic E-state index is 0.163. The molecule has 0 saturated carbocycles. The molecule has 2 aromatic carbocycles. The third-order valence-electron chi connectivity index (χ3n) is 10.8. The summed E-state index contributed by atoms with van der Waals surface area (Å²) in [5, 5.41) is 9.82. The number of hydrogen-bond acceptors (Lipinski definition) is 8. The van der Waals surface area contributed by atoms with Crippen molar-refractivity contribution >= 4 is 34.3 Å². The number of piperazine rings is 1. The number of aromatic amines is 1. The Morgan fingerprint density at radius 2 is 1.75 bits per heavy atom. The van der Waals surface area contributed by atoms with Crippen LogP contribution in [-0.2, 0) is 34.4 Å². The average Bonchev–Trinajstić information content (AvgIpc) is 3.63. The molecule has 51 heavy (non-hydrogen) atoms. The van der Waals surface area contributed by atoms with Crippen LogP contribution in [0.5, 0.6) is 5.75 Å². The van der Waals surface area contributed by atoms with Gasteiger partial charge in [-0.1, -0.05) is 12.1 Å². The van der Waals surface area contributed by atoms with E-state index in [2.05, 4.69) is 49.6 Å². The van der Waals surface area contributed by atoms with Gasteiger partial charge in [0.2, 0.25) is 17.7 Å². The maximum absolute atomic E-state index is 15.7. The molecule has 0 radical (unpaired) electrons. The predicted octanol–water partition coefficient (Wildman–Crippen LogP) is 3.62. The van der Waals surface area contributed by atoms with Crippen molar-refractivity contribution in [3.8, 4) is 16.9 Å². The Morgan fingerprint density at radius 1 is 1.00 bits per heavy atom. The Kier molecular flexibility index (Phi) is 9.90. The van der Waals surface area contributed by atoms with Gasteiger partial charge in [0.05, 0.1) is 13.3 Å². The molecule has 0 bridgehead atoms. The second kappa shape index (κ2) is 14.7. The third kappa shape index (κ3) is 7.39. The number of fused-ring (bicyclic) bond motifs is 1. The van der Waals surface area contributed by atoms with Crippen LogP contribution in [0.3, 0.4) is 0 Å². The molecule has 5 heterocycles. The number of carbonyl (C=O) groups is 3. The number of methoxy groups -OCH3 is 1. The number of imide groups is 1. The van der Waals surface area contributed by atoms with Crippen molar-refractivity contribution in [1.82, 2.24) is 29.9 Å². The number of pyridine rings is 1. The summed E-state index contributed by atoms with van der Waals surface area (Å²) in [4.78, 5) is 55.8. The number of aromatic nitrogens is 3. The number of hydrogen-bond donors (Lipinski definition) is 2. The van der Waals surface area contributed by atoms with Gasteiger partial charge in [0.15, 0.2) is 0 Å². The molecule has 3 saturated heterocycles. The van der Waals surface area contributed by atoms with E-state index in [4.69, 9.17) is 4.74 Å². The molecule has 3 aliphatic heterocycles. The van der Waals surface area contributed by atoms with Crippen molar-refractivity contribution in [2.45, 2.75) is 45.1 Å². The van der Waals surface area contributed by atoms with Gasteiger partial charge in [0, 0.05) is 100 Å². The minimum atomic E-state index is -0.386. The highest BCUT2D eigenvalue weighted by atomic mass is 19.1. The summed E-state index contributed by atoms with van der Waals surface area (Å²) in [6.07, 6.45) is 7.31. The number of carbonyl (C=O) groups excluding carboxylic acids is 3. The van der Waals surface area contributed by atoms with E-state index in [0.717, 1.165) is 37.2 Å². The molecule has 268 valence electrons. The van der Waals surface area contributed by atoms with Crippen LogP contribution in [0.4, 0.5) is 10.1 Å². The zero-order valence-electron chi connectivity index (χ0n) is 29.1. The molecule has 1 atom stereocenters. The number of rotatable bonds is 9. The standard InChI is InChI=1S/C38H44FN7O5/c1-43-22-30(29-21-40-42-36(29)38(43)50)27-19-32(39)31(33(20-27)51-2)23-44-13-15-46(16-14-44)35(48)18-25-9-11-45(12-10-25)28-6-3-24(4-7-28)17-26-5-8-34(47)41-37(26)49/h3-4,6-7,19-22,25-26H,5,8-18,23H2,1-2H3,(H,40,42)(H,41,47,49). The van der Waals surface area contributed by atoms with Gasteiger partial charge in [-0.15, -0.1) is 0 Å². The molecule has 2 aromatic heterocycles. The van der Waals surface area contributed by atoms with Gasteiger partial charge in [0.25, 0.3) is 5.56 Å². The van der Waals surface area contributed by atoms with Crippen LogP contribution in [0.15, 0.2) is 53.6 Å². The lowest BCUT2D eigenvalue weighted by Crippen LogP contribution is -2.49. The SMILES string of the molecule is COc1cc(-c2cn(C)c(=O)c3[nH]ncc23)cc(F)c1CN1CCN(C(=O)CC2CCN(c3ccc(CC4CCC(=O)NC4=O)cc3)CC2)CC1. The van der Waals surface area contributed by atoms with Crippen LogP contribution in [0.2, 0.25) is 0 Å². The fourth-order valence-corrected chi connectivity index (χ4v) is 7.69. The molecular weight excluding hydrogens is 653 g/mol. The Balaban J connectivity index is 0.886. The van der Waals surface area contributed by atoms with Crippen LogP contribution in [0, 0.1) is 17.7 Å². The number of amides is 3. The largest absolute Gasteiger partial charge is 0.496 e. The number of aryl methyl sites for hydroxylation is 1. The second-order valence-electron chi connectivity index (χ2n) is 14.1.